The molecular weight excluding hydrogens is 366 g/mol. The fourth-order valence-corrected chi connectivity index (χ4v) is 2.50. The van der Waals surface area contributed by atoms with Crippen molar-refractivity contribution in [3.8, 4) is 17.2 Å². The van der Waals surface area contributed by atoms with E-state index in [0.717, 1.165) is 16.7 Å². The first-order valence-electron chi connectivity index (χ1n) is 8.44. The second kappa shape index (κ2) is 8.22. The topological polar surface area (TPSA) is 68.5 Å². The van der Waals surface area contributed by atoms with Crippen molar-refractivity contribution in [2.45, 2.75) is 20.4 Å². The van der Waals surface area contributed by atoms with E-state index in [0.29, 0.717) is 22.6 Å². The van der Waals surface area contributed by atoms with Gasteiger partial charge < -0.3 is 14.1 Å². The molecule has 0 fully saturated rings. The van der Waals surface area contributed by atoms with Crippen LogP contribution in [0.3, 0.4) is 0 Å². The highest BCUT2D eigenvalue weighted by atomic mass is 35.5. The SMILES string of the molecule is Cc1ccc(-c2nnc(CN(C)C(=O)COc3ccc(Cl)c(C)c3)o2)cc1. The lowest BCUT2D eigenvalue weighted by Gasteiger charge is -2.15. The van der Waals surface area contributed by atoms with E-state index in [1.165, 1.54) is 4.90 Å². The maximum atomic E-state index is 12.3. The molecule has 0 aliphatic heterocycles. The Hall–Kier alpha value is -2.86. The summed E-state index contributed by atoms with van der Waals surface area (Å²) in [4.78, 5) is 13.8. The fourth-order valence-electron chi connectivity index (χ4n) is 2.38. The van der Waals surface area contributed by atoms with E-state index in [2.05, 4.69) is 10.2 Å². The summed E-state index contributed by atoms with van der Waals surface area (Å²) in [6.45, 7) is 4.01. The Morgan fingerprint density at radius 2 is 1.89 bits per heavy atom. The van der Waals surface area contributed by atoms with Crippen molar-refractivity contribution in [1.82, 2.24) is 15.1 Å². The maximum Gasteiger partial charge on any atom is 0.260 e. The molecule has 0 saturated carbocycles. The van der Waals surface area contributed by atoms with Crippen LogP contribution in [0, 0.1) is 13.8 Å². The zero-order valence-electron chi connectivity index (χ0n) is 15.4. The van der Waals surface area contributed by atoms with E-state index in [-0.39, 0.29) is 19.1 Å². The van der Waals surface area contributed by atoms with E-state index in [1.807, 2.05) is 38.1 Å². The van der Waals surface area contributed by atoms with Gasteiger partial charge in [0, 0.05) is 17.6 Å². The van der Waals surface area contributed by atoms with Crippen molar-refractivity contribution in [3.05, 3.63) is 64.5 Å². The summed E-state index contributed by atoms with van der Waals surface area (Å²) < 4.78 is 11.2. The number of hydrogen-bond acceptors (Lipinski definition) is 5. The normalized spacial score (nSPS) is 10.7. The van der Waals surface area contributed by atoms with Crippen LogP contribution < -0.4 is 4.74 Å². The molecule has 3 rings (SSSR count). The summed E-state index contributed by atoms with van der Waals surface area (Å²) in [5.41, 5.74) is 2.89. The number of halogens is 1. The van der Waals surface area contributed by atoms with E-state index in [4.69, 9.17) is 20.8 Å². The molecule has 0 spiro atoms. The maximum absolute atomic E-state index is 12.3. The highest BCUT2D eigenvalue weighted by Gasteiger charge is 2.15. The van der Waals surface area contributed by atoms with Crippen LogP contribution >= 0.6 is 11.6 Å². The minimum atomic E-state index is -0.197. The molecule has 140 valence electrons. The molecule has 0 aliphatic rings. The van der Waals surface area contributed by atoms with Gasteiger partial charge in [0.2, 0.25) is 11.8 Å². The zero-order valence-corrected chi connectivity index (χ0v) is 16.2. The molecule has 3 aromatic rings. The van der Waals surface area contributed by atoms with Gasteiger partial charge in [-0.25, -0.2) is 0 Å². The van der Waals surface area contributed by atoms with Gasteiger partial charge in [-0.05, 0) is 49.7 Å². The van der Waals surface area contributed by atoms with Gasteiger partial charge in [0.25, 0.3) is 5.91 Å². The second-order valence-corrected chi connectivity index (χ2v) is 6.72. The van der Waals surface area contributed by atoms with Gasteiger partial charge in [-0.15, -0.1) is 10.2 Å². The number of carbonyl (C=O) groups is 1. The van der Waals surface area contributed by atoms with Gasteiger partial charge in [0.1, 0.15) is 5.75 Å². The standard InChI is InChI=1S/C20H20ClN3O3/c1-13-4-6-15(7-5-13)20-23-22-18(27-20)11-24(3)19(25)12-26-16-8-9-17(21)14(2)10-16/h4-10H,11-12H2,1-3H3. The lowest BCUT2D eigenvalue weighted by molar-refractivity contribution is -0.132. The summed E-state index contributed by atoms with van der Waals surface area (Å²) in [7, 11) is 1.66. The third-order valence-corrected chi connectivity index (χ3v) is 4.48. The van der Waals surface area contributed by atoms with E-state index < -0.39 is 0 Å². The molecule has 0 unspecified atom stereocenters. The lowest BCUT2D eigenvalue weighted by Crippen LogP contribution is -2.31. The van der Waals surface area contributed by atoms with E-state index >= 15 is 0 Å². The molecule has 1 heterocycles. The Balaban J connectivity index is 1.56. The van der Waals surface area contributed by atoms with Gasteiger partial charge in [-0.2, -0.15) is 0 Å². The van der Waals surface area contributed by atoms with Crippen LogP contribution in [0.15, 0.2) is 46.9 Å². The Morgan fingerprint density at radius 3 is 2.59 bits per heavy atom. The van der Waals surface area contributed by atoms with Gasteiger partial charge in [-0.3, -0.25) is 4.79 Å². The first-order chi connectivity index (χ1) is 12.9. The van der Waals surface area contributed by atoms with Crippen LogP contribution in [0.5, 0.6) is 5.75 Å². The Bertz CT molecular complexity index is 938. The smallest absolute Gasteiger partial charge is 0.260 e. The predicted octanol–water partition coefficient (Wildman–Crippen LogP) is 4.04. The number of hydrogen-bond donors (Lipinski definition) is 0. The zero-order chi connectivity index (χ0) is 19.4. The number of aromatic nitrogens is 2. The minimum absolute atomic E-state index is 0.0868. The van der Waals surface area contributed by atoms with Crippen LogP contribution in [-0.2, 0) is 11.3 Å². The number of benzene rings is 2. The molecule has 0 atom stereocenters. The van der Waals surface area contributed by atoms with Crippen LogP contribution in [-0.4, -0.2) is 34.7 Å². The van der Waals surface area contributed by atoms with Crippen LogP contribution in [0.1, 0.15) is 17.0 Å². The number of rotatable bonds is 6. The quantitative estimate of drug-likeness (QED) is 0.640. The predicted molar refractivity (Wildman–Crippen MR) is 103 cm³/mol. The molecule has 0 bridgehead atoms. The van der Waals surface area contributed by atoms with Crippen molar-refractivity contribution in [3.63, 3.8) is 0 Å². The Labute approximate surface area is 162 Å². The summed E-state index contributed by atoms with van der Waals surface area (Å²) in [6.07, 6.45) is 0. The molecule has 0 saturated heterocycles. The number of likely N-dealkylation sites (N-methyl/N-ethyl adjacent to an activating group) is 1. The van der Waals surface area contributed by atoms with Crippen LogP contribution in [0.4, 0.5) is 0 Å². The number of aryl methyl sites for hydroxylation is 2. The Kier molecular flexibility index (Phi) is 5.76. The van der Waals surface area contributed by atoms with Gasteiger partial charge in [0.15, 0.2) is 6.61 Å². The second-order valence-electron chi connectivity index (χ2n) is 6.32. The lowest BCUT2D eigenvalue weighted by atomic mass is 10.1. The highest BCUT2D eigenvalue weighted by molar-refractivity contribution is 6.31. The van der Waals surface area contributed by atoms with Gasteiger partial charge >= 0.3 is 0 Å². The highest BCUT2D eigenvalue weighted by Crippen LogP contribution is 2.21. The van der Waals surface area contributed by atoms with E-state index in [1.54, 1.807) is 25.2 Å². The first kappa shape index (κ1) is 18.9. The number of ether oxygens (including phenoxy) is 1. The van der Waals surface area contributed by atoms with Crippen molar-refractivity contribution < 1.29 is 13.9 Å². The minimum Gasteiger partial charge on any atom is -0.484 e. The average Bonchev–Trinajstić information content (AvgIpc) is 3.11. The molecule has 7 heteroatoms. The van der Waals surface area contributed by atoms with Crippen molar-refractivity contribution in [2.24, 2.45) is 0 Å². The van der Waals surface area contributed by atoms with E-state index in [9.17, 15) is 4.79 Å². The third kappa shape index (κ3) is 4.86. The average molecular weight is 386 g/mol. The number of nitrogens with zero attached hydrogens (tertiary/aromatic N) is 3. The summed E-state index contributed by atoms with van der Waals surface area (Å²) >= 11 is 5.98. The van der Waals surface area contributed by atoms with Gasteiger partial charge in [-0.1, -0.05) is 29.3 Å². The monoisotopic (exact) mass is 385 g/mol. The Morgan fingerprint density at radius 1 is 1.15 bits per heavy atom. The number of amides is 1. The number of carbonyl (C=O) groups excluding carboxylic acids is 1. The van der Waals surface area contributed by atoms with Crippen molar-refractivity contribution in [2.75, 3.05) is 13.7 Å². The molecule has 1 amide bonds. The molecular formula is C20H20ClN3O3. The first-order valence-corrected chi connectivity index (χ1v) is 8.82. The largest absolute Gasteiger partial charge is 0.484 e. The summed E-state index contributed by atoms with van der Waals surface area (Å²) in [5, 5.41) is 8.71. The molecule has 6 nitrogen and oxygen atoms in total. The molecule has 0 N–H and O–H groups in total. The summed E-state index contributed by atoms with van der Waals surface area (Å²) in [5.74, 6) is 1.19. The molecule has 2 aromatic carbocycles. The van der Waals surface area contributed by atoms with Crippen LogP contribution in [0.2, 0.25) is 5.02 Å². The van der Waals surface area contributed by atoms with Crippen molar-refractivity contribution >= 4 is 17.5 Å². The molecule has 27 heavy (non-hydrogen) atoms. The molecule has 0 aliphatic carbocycles. The molecule has 0 radical (unpaired) electrons. The van der Waals surface area contributed by atoms with Gasteiger partial charge in [0.05, 0.1) is 6.54 Å². The van der Waals surface area contributed by atoms with Crippen LogP contribution in [0.25, 0.3) is 11.5 Å². The fraction of sp³-hybridized carbons (Fsp3) is 0.250. The van der Waals surface area contributed by atoms with Crippen molar-refractivity contribution in [1.29, 1.82) is 0 Å². The summed E-state index contributed by atoms with van der Waals surface area (Å²) in [6, 6.07) is 13.1. The third-order valence-electron chi connectivity index (χ3n) is 4.06. The molecule has 1 aromatic heterocycles.